The monoisotopic (exact) mass is 270 g/mol. The molecule has 0 N–H and O–H groups in total. The molecule has 0 aromatic heterocycles. The van der Waals surface area contributed by atoms with E-state index < -0.39 is 5.38 Å². The normalized spacial score (nSPS) is 12.3. The van der Waals surface area contributed by atoms with Gasteiger partial charge in [-0.2, -0.15) is 0 Å². The quantitative estimate of drug-likeness (QED) is 0.741. The van der Waals surface area contributed by atoms with Crippen LogP contribution in [0.15, 0.2) is 18.2 Å². The first-order chi connectivity index (χ1) is 8.45. The Bertz CT molecular complexity index is 416. The van der Waals surface area contributed by atoms with Gasteiger partial charge in [-0.3, -0.25) is 4.79 Å². The first-order valence-corrected chi connectivity index (χ1v) is 6.34. The predicted octanol–water partition coefficient (Wildman–Crippen LogP) is 3.60. The third-order valence-corrected chi connectivity index (χ3v) is 2.97. The zero-order valence-electron chi connectivity index (χ0n) is 11.2. The van der Waals surface area contributed by atoms with Crippen LogP contribution in [0.3, 0.4) is 0 Å². The van der Waals surface area contributed by atoms with Crippen molar-refractivity contribution in [1.29, 1.82) is 0 Å². The molecule has 0 aliphatic carbocycles. The molecule has 0 bridgehead atoms. The second-order valence-corrected chi connectivity index (χ2v) is 5.02. The van der Waals surface area contributed by atoms with Gasteiger partial charge in [0.2, 0.25) is 0 Å². The van der Waals surface area contributed by atoms with Crippen LogP contribution >= 0.6 is 11.6 Å². The fourth-order valence-corrected chi connectivity index (χ4v) is 1.59. The molecule has 1 atom stereocenters. The molecule has 0 aliphatic heterocycles. The second-order valence-electron chi connectivity index (χ2n) is 4.59. The van der Waals surface area contributed by atoms with Crippen LogP contribution in [-0.4, -0.2) is 19.5 Å². The maximum absolute atomic E-state index is 11.3. The van der Waals surface area contributed by atoms with Crippen molar-refractivity contribution >= 4 is 17.4 Å². The minimum Gasteiger partial charge on any atom is -0.493 e. The summed E-state index contributed by atoms with van der Waals surface area (Å²) in [6, 6.07) is 5.31. The van der Waals surface area contributed by atoms with Crippen LogP contribution in [-0.2, 0) is 4.79 Å². The lowest BCUT2D eigenvalue weighted by Crippen LogP contribution is -2.07. The molecule has 3 nitrogen and oxygen atoms in total. The van der Waals surface area contributed by atoms with E-state index in [1.807, 2.05) is 0 Å². The number of methoxy groups -OCH3 is 1. The predicted molar refractivity (Wildman–Crippen MR) is 72.6 cm³/mol. The number of carbonyl (C=O) groups excluding carboxylic acids is 1. The van der Waals surface area contributed by atoms with Crippen LogP contribution in [0.5, 0.6) is 11.5 Å². The van der Waals surface area contributed by atoms with Gasteiger partial charge in [0.05, 0.1) is 13.7 Å². The van der Waals surface area contributed by atoms with Crippen molar-refractivity contribution < 1.29 is 14.3 Å². The third kappa shape index (κ3) is 3.91. The molecular weight excluding hydrogens is 252 g/mol. The summed E-state index contributed by atoms with van der Waals surface area (Å²) in [6.45, 7) is 6.19. The molecule has 18 heavy (non-hydrogen) atoms. The summed E-state index contributed by atoms with van der Waals surface area (Å²) < 4.78 is 10.9. The zero-order chi connectivity index (χ0) is 13.7. The van der Waals surface area contributed by atoms with Crippen LogP contribution in [0.2, 0.25) is 0 Å². The van der Waals surface area contributed by atoms with Crippen molar-refractivity contribution in [2.75, 3.05) is 13.7 Å². The highest BCUT2D eigenvalue weighted by molar-refractivity contribution is 6.30. The second kappa shape index (κ2) is 6.64. The maximum Gasteiger partial charge on any atom is 0.161 e. The minimum absolute atomic E-state index is 0.0864. The number of ketones is 1. The molecule has 0 amide bonds. The highest BCUT2D eigenvalue weighted by Crippen LogP contribution is 2.32. The molecule has 4 heteroatoms. The van der Waals surface area contributed by atoms with Gasteiger partial charge in [-0.05, 0) is 30.5 Å². The summed E-state index contributed by atoms with van der Waals surface area (Å²) in [5.74, 6) is 1.59. The number of hydrogen-bond acceptors (Lipinski definition) is 3. The molecule has 0 spiro atoms. The highest BCUT2D eigenvalue weighted by atomic mass is 35.5. The fourth-order valence-electron chi connectivity index (χ4n) is 1.45. The Balaban J connectivity index is 2.97. The molecule has 1 aromatic carbocycles. The lowest BCUT2D eigenvalue weighted by Gasteiger charge is -2.15. The Labute approximate surface area is 113 Å². The molecule has 100 valence electrons. The zero-order valence-corrected chi connectivity index (χ0v) is 12.0. The van der Waals surface area contributed by atoms with Gasteiger partial charge in [-0.1, -0.05) is 19.9 Å². The van der Waals surface area contributed by atoms with Crippen molar-refractivity contribution in [2.45, 2.75) is 26.1 Å². The molecular formula is C14H19ClO3. The van der Waals surface area contributed by atoms with E-state index in [-0.39, 0.29) is 5.78 Å². The summed E-state index contributed by atoms with van der Waals surface area (Å²) in [4.78, 5) is 11.3. The number of alkyl halides is 1. The van der Waals surface area contributed by atoms with Crippen LogP contribution in [0.4, 0.5) is 0 Å². The Hall–Kier alpha value is -1.22. The molecule has 0 saturated heterocycles. The maximum atomic E-state index is 11.3. The standard InChI is InChI=1S/C14H19ClO3/c1-9(2)8-18-13-7-11(14(15)10(3)16)5-6-12(13)17-4/h5-7,9,14H,8H2,1-4H3. The van der Waals surface area contributed by atoms with Gasteiger partial charge in [0.15, 0.2) is 17.3 Å². The average Bonchev–Trinajstić information content (AvgIpc) is 2.34. The van der Waals surface area contributed by atoms with Gasteiger partial charge < -0.3 is 9.47 Å². The Morgan fingerprint density at radius 2 is 2.00 bits per heavy atom. The van der Waals surface area contributed by atoms with E-state index in [9.17, 15) is 4.79 Å². The van der Waals surface area contributed by atoms with Crippen molar-refractivity contribution in [1.82, 2.24) is 0 Å². The lowest BCUT2D eigenvalue weighted by molar-refractivity contribution is -0.116. The number of carbonyl (C=O) groups is 1. The Kier molecular flexibility index (Phi) is 5.48. The van der Waals surface area contributed by atoms with Crippen LogP contribution < -0.4 is 9.47 Å². The largest absolute Gasteiger partial charge is 0.493 e. The number of halogens is 1. The van der Waals surface area contributed by atoms with Crippen molar-refractivity contribution in [3.8, 4) is 11.5 Å². The van der Waals surface area contributed by atoms with Crippen molar-refractivity contribution in [3.63, 3.8) is 0 Å². The molecule has 0 radical (unpaired) electrons. The Morgan fingerprint density at radius 1 is 1.33 bits per heavy atom. The molecule has 0 heterocycles. The van der Waals surface area contributed by atoms with Gasteiger partial charge in [-0.25, -0.2) is 0 Å². The topological polar surface area (TPSA) is 35.5 Å². The number of hydrogen-bond donors (Lipinski definition) is 0. The summed E-state index contributed by atoms with van der Waals surface area (Å²) >= 11 is 6.03. The molecule has 0 fully saturated rings. The summed E-state index contributed by atoms with van der Waals surface area (Å²) in [5.41, 5.74) is 0.726. The van der Waals surface area contributed by atoms with Crippen LogP contribution in [0.25, 0.3) is 0 Å². The highest BCUT2D eigenvalue weighted by Gasteiger charge is 2.16. The molecule has 1 unspecified atom stereocenters. The number of rotatable bonds is 6. The SMILES string of the molecule is COc1ccc(C(Cl)C(C)=O)cc1OCC(C)C. The smallest absolute Gasteiger partial charge is 0.161 e. The number of ether oxygens (including phenoxy) is 2. The van der Waals surface area contributed by atoms with Gasteiger partial charge in [0.1, 0.15) is 5.38 Å². The van der Waals surface area contributed by atoms with Gasteiger partial charge in [0.25, 0.3) is 0 Å². The summed E-state index contributed by atoms with van der Waals surface area (Å²) in [7, 11) is 1.58. The molecule has 1 rings (SSSR count). The minimum atomic E-state index is -0.641. The van der Waals surface area contributed by atoms with E-state index in [1.54, 1.807) is 25.3 Å². The summed E-state index contributed by atoms with van der Waals surface area (Å²) in [6.07, 6.45) is 0. The third-order valence-electron chi connectivity index (χ3n) is 2.41. The van der Waals surface area contributed by atoms with Crippen molar-refractivity contribution in [3.05, 3.63) is 23.8 Å². The fraction of sp³-hybridized carbons (Fsp3) is 0.500. The first-order valence-electron chi connectivity index (χ1n) is 5.91. The molecule has 1 aromatic rings. The van der Waals surface area contributed by atoms with Crippen LogP contribution in [0.1, 0.15) is 31.7 Å². The van der Waals surface area contributed by atoms with Crippen molar-refractivity contribution in [2.24, 2.45) is 5.92 Å². The van der Waals surface area contributed by atoms with E-state index in [0.29, 0.717) is 24.0 Å². The number of Topliss-reactive ketones (excluding diaryl/α,β-unsaturated/α-hetero) is 1. The number of benzene rings is 1. The summed E-state index contributed by atoms with van der Waals surface area (Å²) in [5, 5.41) is -0.641. The van der Waals surface area contributed by atoms with Gasteiger partial charge in [0, 0.05) is 0 Å². The van der Waals surface area contributed by atoms with E-state index in [0.717, 1.165) is 5.56 Å². The van der Waals surface area contributed by atoms with Gasteiger partial charge in [-0.15, -0.1) is 11.6 Å². The van der Waals surface area contributed by atoms with E-state index >= 15 is 0 Å². The Morgan fingerprint density at radius 3 is 2.50 bits per heavy atom. The van der Waals surface area contributed by atoms with E-state index in [2.05, 4.69) is 13.8 Å². The molecule has 0 aliphatic rings. The van der Waals surface area contributed by atoms with Crippen LogP contribution in [0, 0.1) is 5.92 Å². The molecule has 0 saturated carbocycles. The van der Waals surface area contributed by atoms with Gasteiger partial charge >= 0.3 is 0 Å². The average molecular weight is 271 g/mol. The first kappa shape index (κ1) is 14.8. The van der Waals surface area contributed by atoms with E-state index in [1.165, 1.54) is 6.92 Å². The van der Waals surface area contributed by atoms with E-state index in [4.69, 9.17) is 21.1 Å². The lowest BCUT2D eigenvalue weighted by atomic mass is 10.1.